The van der Waals surface area contributed by atoms with Crippen LogP contribution in [0.1, 0.15) is 13.8 Å². The number of anilines is 1. The standard InChI is InChI=1S/C11H15NO/c1-9(2)7-8-12-10-3-5-11(13)6-4-10/h3-7,12-13H,8H2,1-2H3. The highest BCUT2D eigenvalue weighted by Gasteiger charge is 1.89. The zero-order chi connectivity index (χ0) is 9.68. The Hall–Kier alpha value is -1.44. The van der Waals surface area contributed by atoms with Gasteiger partial charge < -0.3 is 10.4 Å². The van der Waals surface area contributed by atoms with Gasteiger partial charge in [-0.05, 0) is 38.1 Å². The first-order valence-corrected chi connectivity index (χ1v) is 4.35. The summed E-state index contributed by atoms with van der Waals surface area (Å²) in [5.74, 6) is 0.299. The molecule has 0 atom stereocenters. The molecular formula is C11H15NO. The first-order chi connectivity index (χ1) is 6.18. The van der Waals surface area contributed by atoms with Crippen LogP contribution >= 0.6 is 0 Å². The summed E-state index contributed by atoms with van der Waals surface area (Å²) in [7, 11) is 0. The van der Waals surface area contributed by atoms with Crippen molar-refractivity contribution in [2.24, 2.45) is 0 Å². The summed E-state index contributed by atoms with van der Waals surface area (Å²) in [6.07, 6.45) is 2.12. The Balaban J connectivity index is 2.46. The van der Waals surface area contributed by atoms with Gasteiger partial charge in [0.2, 0.25) is 0 Å². The minimum absolute atomic E-state index is 0.299. The van der Waals surface area contributed by atoms with E-state index in [9.17, 15) is 0 Å². The van der Waals surface area contributed by atoms with Crippen molar-refractivity contribution in [1.82, 2.24) is 0 Å². The number of hydrogen-bond donors (Lipinski definition) is 2. The van der Waals surface area contributed by atoms with Crippen molar-refractivity contribution in [1.29, 1.82) is 0 Å². The molecular weight excluding hydrogens is 162 g/mol. The Labute approximate surface area is 78.9 Å². The lowest BCUT2D eigenvalue weighted by molar-refractivity contribution is 0.475. The monoisotopic (exact) mass is 177 g/mol. The molecule has 0 heterocycles. The van der Waals surface area contributed by atoms with E-state index in [0.717, 1.165) is 12.2 Å². The molecule has 0 fully saturated rings. The van der Waals surface area contributed by atoms with Crippen molar-refractivity contribution in [2.45, 2.75) is 13.8 Å². The zero-order valence-electron chi connectivity index (χ0n) is 8.04. The van der Waals surface area contributed by atoms with Gasteiger partial charge in [0.15, 0.2) is 0 Å². The van der Waals surface area contributed by atoms with Crippen LogP contribution in [-0.4, -0.2) is 11.7 Å². The van der Waals surface area contributed by atoms with Crippen LogP contribution in [0.3, 0.4) is 0 Å². The van der Waals surface area contributed by atoms with Gasteiger partial charge in [-0.3, -0.25) is 0 Å². The largest absolute Gasteiger partial charge is 0.508 e. The smallest absolute Gasteiger partial charge is 0.115 e. The summed E-state index contributed by atoms with van der Waals surface area (Å²) in [5.41, 5.74) is 2.32. The van der Waals surface area contributed by atoms with Crippen LogP contribution in [0.5, 0.6) is 5.75 Å². The average molecular weight is 177 g/mol. The average Bonchev–Trinajstić information content (AvgIpc) is 2.08. The Morgan fingerprint density at radius 3 is 2.46 bits per heavy atom. The van der Waals surface area contributed by atoms with E-state index in [1.54, 1.807) is 12.1 Å². The number of benzene rings is 1. The zero-order valence-corrected chi connectivity index (χ0v) is 8.04. The van der Waals surface area contributed by atoms with Crippen LogP contribution in [0.2, 0.25) is 0 Å². The van der Waals surface area contributed by atoms with E-state index in [2.05, 4.69) is 25.2 Å². The van der Waals surface area contributed by atoms with Crippen LogP contribution in [-0.2, 0) is 0 Å². The summed E-state index contributed by atoms with van der Waals surface area (Å²) >= 11 is 0. The van der Waals surface area contributed by atoms with Crippen molar-refractivity contribution in [2.75, 3.05) is 11.9 Å². The Morgan fingerprint density at radius 2 is 1.92 bits per heavy atom. The maximum atomic E-state index is 9.03. The second-order valence-corrected chi connectivity index (χ2v) is 3.21. The SMILES string of the molecule is CC(C)=CCNc1ccc(O)cc1. The molecule has 0 unspecified atom stereocenters. The van der Waals surface area contributed by atoms with Crippen molar-refractivity contribution >= 4 is 5.69 Å². The molecule has 2 heteroatoms. The third-order valence-electron chi connectivity index (χ3n) is 1.68. The van der Waals surface area contributed by atoms with Crippen LogP contribution < -0.4 is 5.32 Å². The number of phenolic OH excluding ortho intramolecular Hbond substituents is 1. The molecule has 1 aromatic carbocycles. The number of rotatable bonds is 3. The molecule has 0 amide bonds. The first kappa shape index (κ1) is 9.65. The summed E-state index contributed by atoms with van der Waals surface area (Å²) in [6, 6.07) is 7.05. The van der Waals surface area contributed by atoms with E-state index in [1.165, 1.54) is 5.57 Å². The van der Waals surface area contributed by atoms with Crippen LogP contribution in [0.4, 0.5) is 5.69 Å². The molecule has 2 N–H and O–H groups in total. The van der Waals surface area contributed by atoms with Gasteiger partial charge in [-0.25, -0.2) is 0 Å². The molecule has 0 saturated heterocycles. The van der Waals surface area contributed by atoms with Gasteiger partial charge in [0, 0.05) is 12.2 Å². The molecule has 0 aliphatic heterocycles. The molecule has 0 aromatic heterocycles. The number of nitrogens with one attached hydrogen (secondary N) is 1. The third kappa shape index (κ3) is 3.65. The van der Waals surface area contributed by atoms with Crippen molar-refractivity contribution in [3.8, 4) is 5.75 Å². The van der Waals surface area contributed by atoms with E-state index in [1.807, 2.05) is 12.1 Å². The second-order valence-electron chi connectivity index (χ2n) is 3.21. The van der Waals surface area contributed by atoms with Gasteiger partial charge in [-0.2, -0.15) is 0 Å². The number of phenols is 1. The molecule has 0 aliphatic carbocycles. The lowest BCUT2D eigenvalue weighted by Gasteiger charge is -2.02. The minimum Gasteiger partial charge on any atom is -0.508 e. The topological polar surface area (TPSA) is 32.3 Å². The lowest BCUT2D eigenvalue weighted by Crippen LogP contribution is -1.97. The van der Waals surface area contributed by atoms with Crippen molar-refractivity contribution < 1.29 is 5.11 Å². The Kier molecular flexibility index (Phi) is 3.38. The summed E-state index contributed by atoms with van der Waals surface area (Å²) in [6.45, 7) is 4.96. The fourth-order valence-electron chi connectivity index (χ4n) is 0.952. The number of allylic oxidation sites excluding steroid dienone is 1. The van der Waals surface area contributed by atoms with Gasteiger partial charge in [-0.15, -0.1) is 0 Å². The van der Waals surface area contributed by atoms with Gasteiger partial charge >= 0.3 is 0 Å². The first-order valence-electron chi connectivity index (χ1n) is 4.35. The number of aromatic hydroxyl groups is 1. The van der Waals surface area contributed by atoms with Gasteiger partial charge in [0.1, 0.15) is 5.75 Å². The fourth-order valence-corrected chi connectivity index (χ4v) is 0.952. The lowest BCUT2D eigenvalue weighted by atomic mass is 10.3. The van der Waals surface area contributed by atoms with E-state index < -0.39 is 0 Å². The molecule has 0 radical (unpaired) electrons. The van der Waals surface area contributed by atoms with E-state index in [0.29, 0.717) is 5.75 Å². The molecule has 2 nitrogen and oxygen atoms in total. The predicted molar refractivity (Wildman–Crippen MR) is 56.0 cm³/mol. The summed E-state index contributed by atoms with van der Waals surface area (Å²) < 4.78 is 0. The molecule has 1 rings (SSSR count). The normalized spacial score (nSPS) is 9.38. The number of hydrogen-bond acceptors (Lipinski definition) is 2. The van der Waals surface area contributed by atoms with Crippen LogP contribution in [0.15, 0.2) is 35.9 Å². The molecule has 0 bridgehead atoms. The molecule has 0 saturated carbocycles. The third-order valence-corrected chi connectivity index (χ3v) is 1.68. The Morgan fingerprint density at radius 1 is 1.31 bits per heavy atom. The summed E-state index contributed by atoms with van der Waals surface area (Å²) in [4.78, 5) is 0. The quantitative estimate of drug-likeness (QED) is 0.549. The maximum Gasteiger partial charge on any atom is 0.115 e. The van der Waals surface area contributed by atoms with E-state index in [-0.39, 0.29) is 0 Å². The summed E-state index contributed by atoms with van der Waals surface area (Å²) in [5, 5.41) is 12.2. The van der Waals surface area contributed by atoms with Crippen LogP contribution in [0, 0.1) is 0 Å². The van der Waals surface area contributed by atoms with E-state index in [4.69, 9.17) is 5.11 Å². The van der Waals surface area contributed by atoms with Crippen molar-refractivity contribution in [3.05, 3.63) is 35.9 Å². The molecule has 70 valence electrons. The van der Waals surface area contributed by atoms with Crippen LogP contribution in [0.25, 0.3) is 0 Å². The molecule has 1 aromatic rings. The predicted octanol–water partition coefficient (Wildman–Crippen LogP) is 2.77. The van der Waals surface area contributed by atoms with Gasteiger partial charge in [0.25, 0.3) is 0 Å². The van der Waals surface area contributed by atoms with E-state index >= 15 is 0 Å². The molecule has 0 spiro atoms. The molecule has 0 aliphatic rings. The fraction of sp³-hybridized carbons (Fsp3) is 0.273. The highest BCUT2D eigenvalue weighted by molar-refractivity contribution is 5.46. The highest BCUT2D eigenvalue weighted by atomic mass is 16.3. The van der Waals surface area contributed by atoms with Gasteiger partial charge in [0.05, 0.1) is 0 Å². The second kappa shape index (κ2) is 4.55. The van der Waals surface area contributed by atoms with Crippen molar-refractivity contribution in [3.63, 3.8) is 0 Å². The molecule has 13 heavy (non-hydrogen) atoms. The Bertz CT molecular complexity index is 283. The maximum absolute atomic E-state index is 9.03. The minimum atomic E-state index is 0.299. The highest BCUT2D eigenvalue weighted by Crippen LogP contribution is 2.13. The van der Waals surface area contributed by atoms with Gasteiger partial charge in [-0.1, -0.05) is 11.6 Å².